The molecular weight excluding hydrogens is 520 g/mol. The van der Waals surface area contributed by atoms with Gasteiger partial charge in [0.1, 0.15) is 5.82 Å². The van der Waals surface area contributed by atoms with Gasteiger partial charge < -0.3 is 9.47 Å². The van der Waals surface area contributed by atoms with E-state index in [-0.39, 0.29) is 22.6 Å². The number of fused-ring (bicyclic) bond motifs is 3. The summed E-state index contributed by atoms with van der Waals surface area (Å²) in [6, 6.07) is 21.1. The fraction of sp³-hybridized carbons (Fsp3) is 0.484. The molecule has 5 heterocycles. The molecule has 3 aliphatic rings. The lowest BCUT2D eigenvalue weighted by molar-refractivity contribution is 0.0601. The molecule has 0 radical (unpaired) electrons. The third kappa shape index (κ3) is 4.39. The van der Waals surface area contributed by atoms with Gasteiger partial charge >= 0.3 is 0 Å². The second kappa shape index (κ2) is 10.3. The van der Waals surface area contributed by atoms with Crippen molar-refractivity contribution in [2.45, 2.75) is 75.4 Å². The van der Waals surface area contributed by atoms with Gasteiger partial charge in [0.15, 0.2) is 0 Å². The highest BCUT2D eigenvalue weighted by molar-refractivity contribution is 6.99. The van der Waals surface area contributed by atoms with Crippen LogP contribution in [0.15, 0.2) is 59.4 Å². The largest absolute Gasteiger partial charge is 0.337 e. The molecule has 3 aliphatic heterocycles. The van der Waals surface area contributed by atoms with Gasteiger partial charge in [-0.15, -0.1) is 0 Å². The number of rotatable bonds is 6. The molecule has 8 nitrogen and oxygen atoms in total. The summed E-state index contributed by atoms with van der Waals surface area (Å²) in [6.07, 6.45) is 7.79. The molecule has 1 N–H and O–H groups in total. The Morgan fingerprint density at radius 1 is 1.00 bits per heavy atom. The molecule has 0 saturated carbocycles. The molecule has 2 atom stereocenters. The highest BCUT2D eigenvalue weighted by Gasteiger charge is 2.44. The number of imidazole rings is 1. The number of benzene rings is 2. The summed E-state index contributed by atoms with van der Waals surface area (Å²) in [5, 5.41) is 0. The topological polar surface area (TPSA) is 87.1 Å². The Balaban J connectivity index is 1.07. The molecule has 2 aromatic carbocycles. The number of piperidine rings is 2. The maximum Gasteiger partial charge on any atom is 0.291 e. The van der Waals surface area contributed by atoms with E-state index >= 15 is 0 Å². The van der Waals surface area contributed by atoms with E-state index in [2.05, 4.69) is 79.7 Å². The lowest BCUT2D eigenvalue weighted by atomic mass is 9.70. The Bertz CT molecular complexity index is 1550. The minimum absolute atomic E-state index is 0.0255. The number of hydrogen-bond donors (Lipinski definition) is 1. The fourth-order valence-corrected chi connectivity index (χ4v) is 8.37. The Morgan fingerprint density at radius 2 is 1.70 bits per heavy atom. The number of aryl methyl sites for hydroxylation is 1. The van der Waals surface area contributed by atoms with Crippen molar-refractivity contribution in [3.8, 4) is 0 Å². The lowest BCUT2D eigenvalue weighted by Crippen LogP contribution is -2.49. The van der Waals surface area contributed by atoms with Gasteiger partial charge in [-0.05, 0) is 81.5 Å². The van der Waals surface area contributed by atoms with Crippen LogP contribution in [-0.4, -0.2) is 65.7 Å². The minimum Gasteiger partial charge on any atom is -0.337 e. The molecule has 2 bridgehead atoms. The van der Waals surface area contributed by atoms with Crippen LogP contribution in [-0.2, 0) is 5.41 Å². The normalized spacial score (nSPS) is 24.5. The van der Waals surface area contributed by atoms with Gasteiger partial charge in [-0.3, -0.25) is 18.9 Å². The SMILES string of the molecule is Cc1nc2ccccc2n1C1CC2CCC(C1)N2CCC1(c2ccccc2)CCN(C(=O)c2ns[nH]c2=O)CC1. The third-order valence-electron chi connectivity index (χ3n) is 9.93. The molecule has 4 aromatic rings. The van der Waals surface area contributed by atoms with E-state index in [0.717, 1.165) is 48.9 Å². The zero-order valence-electron chi connectivity index (χ0n) is 23.0. The third-order valence-corrected chi connectivity index (χ3v) is 10.5. The van der Waals surface area contributed by atoms with Crippen LogP contribution in [0.25, 0.3) is 11.0 Å². The van der Waals surface area contributed by atoms with Crippen LogP contribution in [0, 0.1) is 6.92 Å². The minimum atomic E-state index is -0.382. The van der Waals surface area contributed by atoms with Crippen molar-refractivity contribution in [2.75, 3.05) is 19.6 Å². The first-order valence-electron chi connectivity index (χ1n) is 14.6. The number of nitrogens with one attached hydrogen (secondary N) is 1. The van der Waals surface area contributed by atoms with Crippen LogP contribution in [0.2, 0.25) is 0 Å². The quantitative estimate of drug-likeness (QED) is 0.364. The number of amides is 1. The van der Waals surface area contributed by atoms with Crippen LogP contribution in [0.4, 0.5) is 0 Å². The van der Waals surface area contributed by atoms with Gasteiger partial charge in [-0.25, -0.2) is 4.98 Å². The number of carbonyl (C=O) groups excluding carboxylic acids is 1. The number of carbonyl (C=O) groups is 1. The first-order valence-corrected chi connectivity index (χ1v) is 15.4. The van der Waals surface area contributed by atoms with E-state index in [9.17, 15) is 9.59 Å². The average Bonchev–Trinajstić information content (AvgIpc) is 3.63. The number of H-pyrrole nitrogens is 1. The molecule has 1 amide bonds. The molecule has 9 heteroatoms. The monoisotopic (exact) mass is 556 g/mol. The van der Waals surface area contributed by atoms with Gasteiger partial charge in [0.25, 0.3) is 11.5 Å². The molecule has 7 rings (SSSR count). The maximum absolute atomic E-state index is 13.0. The first-order chi connectivity index (χ1) is 19.5. The van der Waals surface area contributed by atoms with Crippen molar-refractivity contribution >= 4 is 28.7 Å². The Hall–Kier alpha value is -3.30. The lowest BCUT2D eigenvalue weighted by Gasteiger charge is -2.45. The van der Waals surface area contributed by atoms with E-state index in [1.165, 1.54) is 36.8 Å². The number of likely N-dealkylation sites (tertiary alicyclic amines) is 1. The van der Waals surface area contributed by atoms with Crippen LogP contribution in [0.3, 0.4) is 0 Å². The second-order valence-electron chi connectivity index (χ2n) is 11.9. The molecule has 2 aromatic heterocycles. The predicted octanol–water partition coefficient (Wildman–Crippen LogP) is 4.92. The summed E-state index contributed by atoms with van der Waals surface area (Å²) in [5.41, 5.74) is 3.41. The fourth-order valence-electron chi connectivity index (χ4n) is 7.89. The van der Waals surface area contributed by atoms with Crippen molar-refractivity contribution < 1.29 is 4.79 Å². The highest BCUT2D eigenvalue weighted by Crippen LogP contribution is 2.45. The van der Waals surface area contributed by atoms with E-state index in [0.29, 0.717) is 31.2 Å². The molecule has 208 valence electrons. The number of aromatic nitrogens is 4. The average molecular weight is 557 g/mol. The summed E-state index contributed by atoms with van der Waals surface area (Å²) in [4.78, 5) is 34.5. The van der Waals surface area contributed by atoms with Crippen molar-refractivity contribution in [2.24, 2.45) is 0 Å². The Kier molecular flexibility index (Phi) is 6.59. The van der Waals surface area contributed by atoms with Crippen LogP contribution < -0.4 is 5.56 Å². The van der Waals surface area contributed by atoms with Gasteiger partial charge in [0.2, 0.25) is 5.69 Å². The number of nitrogens with zero attached hydrogens (tertiary/aromatic N) is 5. The van der Waals surface area contributed by atoms with E-state index in [4.69, 9.17) is 4.98 Å². The standard InChI is InChI=1S/C31H36N6O2S/c1-21-32-26-9-5-6-10-27(26)37(21)25-19-23-11-12-24(20-25)36(23)18-15-31(22-7-3-2-4-8-22)13-16-35(17-14-31)30(39)28-29(38)34-40-33-28/h2-10,23-25H,11-20H2,1H3,(H,34,38). The van der Waals surface area contributed by atoms with E-state index in [1.807, 2.05) is 4.90 Å². The van der Waals surface area contributed by atoms with Crippen LogP contribution in [0.5, 0.6) is 0 Å². The molecular formula is C31H36N6O2S. The summed E-state index contributed by atoms with van der Waals surface area (Å²) < 4.78 is 9.07. The first kappa shape index (κ1) is 25.7. The van der Waals surface area contributed by atoms with Crippen molar-refractivity contribution in [1.82, 2.24) is 28.1 Å². The predicted molar refractivity (Wildman–Crippen MR) is 157 cm³/mol. The number of aromatic amines is 1. The van der Waals surface area contributed by atoms with Crippen molar-refractivity contribution in [3.63, 3.8) is 0 Å². The molecule has 3 fully saturated rings. The summed E-state index contributed by atoms with van der Waals surface area (Å²) in [6.45, 7) is 4.53. The number of para-hydroxylation sites is 2. The van der Waals surface area contributed by atoms with Crippen molar-refractivity contribution in [3.05, 3.63) is 82.0 Å². The Labute approximate surface area is 238 Å². The van der Waals surface area contributed by atoms with Crippen LogP contribution >= 0.6 is 11.7 Å². The van der Waals surface area contributed by atoms with Gasteiger partial charge in [-0.2, -0.15) is 4.37 Å². The zero-order chi connectivity index (χ0) is 27.3. The van der Waals surface area contributed by atoms with Crippen molar-refractivity contribution in [1.29, 1.82) is 0 Å². The van der Waals surface area contributed by atoms with Gasteiger partial charge in [-0.1, -0.05) is 42.5 Å². The van der Waals surface area contributed by atoms with Gasteiger partial charge in [0.05, 0.1) is 11.0 Å². The summed E-state index contributed by atoms with van der Waals surface area (Å²) >= 11 is 0.940. The maximum atomic E-state index is 13.0. The molecule has 40 heavy (non-hydrogen) atoms. The molecule has 2 unspecified atom stereocenters. The zero-order valence-corrected chi connectivity index (χ0v) is 23.8. The molecule has 3 saturated heterocycles. The van der Waals surface area contributed by atoms with E-state index < -0.39 is 0 Å². The van der Waals surface area contributed by atoms with Gasteiger partial charge in [0, 0.05) is 42.9 Å². The second-order valence-corrected chi connectivity index (χ2v) is 12.5. The smallest absolute Gasteiger partial charge is 0.291 e. The van der Waals surface area contributed by atoms with Crippen LogP contribution in [0.1, 0.15) is 72.9 Å². The highest BCUT2D eigenvalue weighted by atomic mass is 32.1. The summed E-state index contributed by atoms with van der Waals surface area (Å²) in [5.74, 6) is 0.884. The molecule has 0 spiro atoms. The summed E-state index contributed by atoms with van der Waals surface area (Å²) in [7, 11) is 0. The number of hydrogen-bond acceptors (Lipinski definition) is 6. The Morgan fingerprint density at radius 3 is 2.40 bits per heavy atom. The van der Waals surface area contributed by atoms with E-state index in [1.54, 1.807) is 0 Å². The molecule has 0 aliphatic carbocycles.